The van der Waals surface area contributed by atoms with Crippen molar-refractivity contribution < 1.29 is 14.3 Å². The number of ether oxygens (including phenoxy) is 1. The fraction of sp³-hybridized carbons (Fsp3) is 0.0833. The monoisotopic (exact) mass is 465 g/mol. The normalized spacial score (nSPS) is 10.7. The molecule has 0 N–H and O–H groups in total. The Labute approximate surface area is 194 Å². The van der Waals surface area contributed by atoms with Crippen LogP contribution in [0.15, 0.2) is 72.8 Å². The van der Waals surface area contributed by atoms with E-state index in [2.05, 4.69) is 10.1 Å². The minimum Gasteiger partial charge on any atom is -0.451 e. The third-order valence-electron chi connectivity index (χ3n) is 4.72. The molecule has 4 aromatic rings. The average molecular weight is 466 g/mol. The second kappa shape index (κ2) is 9.34. The Hall–Kier alpha value is -3.48. The number of rotatable bonds is 6. The van der Waals surface area contributed by atoms with Crippen LogP contribution < -0.4 is 0 Å². The molecule has 0 aliphatic rings. The number of aromatic nitrogens is 3. The Bertz CT molecular complexity index is 1290. The Morgan fingerprint density at radius 1 is 0.969 bits per heavy atom. The molecule has 4 rings (SSSR count). The van der Waals surface area contributed by atoms with Gasteiger partial charge in [0.1, 0.15) is 0 Å². The molecular weight excluding hydrogens is 449 g/mol. The van der Waals surface area contributed by atoms with Crippen LogP contribution in [0.1, 0.15) is 26.5 Å². The molecule has 0 bridgehead atoms. The fourth-order valence-corrected chi connectivity index (χ4v) is 3.28. The maximum atomic E-state index is 12.6. The van der Waals surface area contributed by atoms with E-state index >= 15 is 0 Å². The summed E-state index contributed by atoms with van der Waals surface area (Å²) in [5.74, 6) is -0.879. The lowest BCUT2D eigenvalue weighted by molar-refractivity contribution is 0.0462. The molecule has 0 radical (unpaired) electrons. The predicted octanol–water partition coefficient (Wildman–Crippen LogP) is 5.59. The van der Waals surface area contributed by atoms with Gasteiger partial charge < -0.3 is 4.74 Å². The second-order valence-corrected chi connectivity index (χ2v) is 7.82. The van der Waals surface area contributed by atoms with Crippen LogP contribution in [0.5, 0.6) is 0 Å². The molecule has 3 aromatic carbocycles. The lowest BCUT2D eigenvalue weighted by Crippen LogP contribution is -2.15. The number of benzene rings is 3. The molecule has 8 heteroatoms. The highest BCUT2D eigenvalue weighted by Crippen LogP contribution is 2.25. The first-order chi connectivity index (χ1) is 15.4. The van der Waals surface area contributed by atoms with E-state index in [4.69, 9.17) is 27.9 Å². The van der Waals surface area contributed by atoms with Gasteiger partial charge >= 0.3 is 5.97 Å². The molecule has 0 fully saturated rings. The minimum absolute atomic E-state index is 0.163. The van der Waals surface area contributed by atoms with E-state index in [1.54, 1.807) is 30.3 Å². The van der Waals surface area contributed by atoms with Crippen molar-refractivity contribution in [2.24, 2.45) is 0 Å². The van der Waals surface area contributed by atoms with Crippen molar-refractivity contribution >= 4 is 35.0 Å². The summed E-state index contributed by atoms with van der Waals surface area (Å²) in [7, 11) is 0. The summed E-state index contributed by atoms with van der Waals surface area (Å²) in [5, 5.41) is 5.41. The van der Waals surface area contributed by atoms with E-state index in [-0.39, 0.29) is 11.6 Å². The van der Waals surface area contributed by atoms with Gasteiger partial charge in [-0.15, -0.1) is 5.10 Å². The van der Waals surface area contributed by atoms with Crippen LogP contribution in [0, 0.1) is 6.92 Å². The summed E-state index contributed by atoms with van der Waals surface area (Å²) in [4.78, 5) is 29.3. The molecule has 0 saturated heterocycles. The molecule has 0 amide bonds. The van der Waals surface area contributed by atoms with Crippen molar-refractivity contribution in [2.75, 3.05) is 6.61 Å². The standard InChI is InChI=1S/C24H17Cl2N3O3/c1-15-7-12-19(13-20(15)26)29-23(17-5-3-2-4-6-17)27-22(28-29)24(31)32-14-21(30)16-8-10-18(25)11-9-16/h2-13H,14H2,1H3. The van der Waals surface area contributed by atoms with E-state index < -0.39 is 12.6 Å². The largest absolute Gasteiger partial charge is 0.451 e. The molecule has 0 saturated carbocycles. The van der Waals surface area contributed by atoms with Crippen LogP contribution in [0.2, 0.25) is 10.0 Å². The number of hydrogen-bond donors (Lipinski definition) is 0. The Morgan fingerprint density at radius 2 is 1.69 bits per heavy atom. The molecule has 0 spiro atoms. The highest BCUT2D eigenvalue weighted by Gasteiger charge is 2.21. The molecule has 1 heterocycles. The van der Waals surface area contributed by atoms with Gasteiger partial charge in [-0.1, -0.05) is 59.6 Å². The molecule has 0 aliphatic carbocycles. The van der Waals surface area contributed by atoms with Gasteiger partial charge in [0.2, 0.25) is 0 Å². The lowest BCUT2D eigenvalue weighted by Gasteiger charge is -2.07. The maximum Gasteiger partial charge on any atom is 0.378 e. The zero-order valence-electron chi connectivity index (χ0n) is 17.0. The van der Waals surface area contributed by atoms with Crippen LogP contribution in [-0.4, -0.2) is 33.1 Å². The molecule has 0 aliphatic heterocycles. The van der Waals surface area contributed by atoms with Crippen LogP contribution in [-0.2, 0) is 4.74 Å². The van der Waals surface area contributed by atoms with Crippen LogP contribution in [0.4, 0.5) is 0 Å². The number of esters is 1. The predicted molar refractivity (Wildman–Crippen MR) is 123 cm³/mol. The van der Waals surface area contributed by atoms with E-state index in [9.17, 15) is 9.59 Å². The van der Waals surface area contributed by atoms with Gasteiger partial charge in [0.15, 0.2) is 18.2 Å². The Morgan fingerprint density at radius 3 is 2.38 bits per heavy atom. The molecule has 160 valence electrons. The number of carbonyl (C=O) groups excluding carboxylic acids is 2. The topological polar surface area (TPSA) is 74.1 Å². The van der Waals surface area contributed by atoms with Crippen LogP contribution >= 0.6 is 23.2 Å². The third-order valence-corrected chi connectivity index (χ3v) is 5.38. The van der Waals surface area contributed by atoms with Gasteiger partial charge in [-0.05, 0) is 48.9 Å². The van der Waals surface area contributed by atoms with Crippen LogP contribution in [0.25, 0.3) is 17.1 Å². The zero-order valence-corrected chi connectivity index (χ0v) is 18.5. The van der Waals surface area contributed by atoms with E-state index in [1.165, 1.54) is 4.68 Å². The molecule has 0 unspecified atom stereocenters. The summed E-state index contributed by atoms with van der Waals surface area (Å²) in [6.45, 7) is 1.46. The first kappa shape index (κ1) is 21.7. The van der Waals surface area contributed by atoms with Crippen molar-refractivity contribution in [1.29, 1.82) is 0 Å². The maximum absolute atomic E-state index is 12.6. The molecule has 1 aromatic heterocycles. The highest BCUT2D eigenvalue weighted by atomic mass is 35.5. The lowest BCUT2D eigenvalue weighted by atomic mass is 10.1. The quantitative estimate of drug-likeness (QED) is 0.274. The van der Waals surface area contributed by atoms with Gasteiger partial charge in [-0.2, -0.15) is 0 Å². The van der Waals surface area contributed by atoms with Crippen molar-refractivity contribution in [2.45, 2.75) is 6.92 Å². The van der Waals surface area contributed by atoms with Crippen molar-refractivity contribution in [3.05, 3.63) is 99.8 Å². The SMILES string of the molecule is Cc1ccc(-n2nc(C(=O)OCC(=O)c3ccc(Cl)cc3)nc2-c2ccccc2)cc1Cl. The number of nitrogens with zero attached hydrogens (tertiary/aromatic N) is 3. The van der Waals surface area contributed by atoms with Gasteiger partial charge in [-0.3, -0.25) is 4.79 Å². The zero-order chi connectivity index (χ0) is 22.7. The first-order valence-corrected chi connectivity index (χ1v) is 10.4. The first-order valence-electron chi connectivity index (χ1n) is 9.67. The summed E-state index contributed by atoms with van der Waals surface area (Å²) in [6.07, 6.45) is 0. The van der Waals surface area contributed by atoms with E-state index in [0.717, 1.165) is 11.1 Å². The molecule has 0 atom stereocenters. The number of carbonyl (C=O) groups is 2. The van der Waals surface area contributed by atoms with Crippen LogP contribution in [0.3, 0.4) is 0 Å². The van der Waals surface area contributed by atoms with Gasteiger partial charge in [0.05, 0.1) is 5.69 Å². The number of Topliss-reactive ketones (excluding diaryl/α,β-unsaturated/α-hetero) is 1. The van der Waals surface area contributed by atoms with Gasteiger partial charge in [-0.25, -0.2) is 14.5 Å². The van der Waals surface area contributed by atoms with Crippen molar-refractivity contribution in [3.63, 3.8) is 0 Å². The number of halogens is 2. The smallest absolute Gasteiger partial charge is 0.378 e. The summed E-state index contributed by atoms with van der Waals surface area (Å²) < 4.78 is 6.70. The van der Waals surface area contributed by atoms with Gasteiger partial charge in [0.25, 0.3) is 5.82 Å². The van der Waals surface area contributed by atoms with Crippen molar-refractivity contribution in [3.8, 4) is 17.1 Å². The minimum atomic E-state index is -0.804. The number of aryl methyl sites for hydroxylation is 1. The van der Waals surface area contributed by atoms with E-state index in [1.807, 2.05) is 49.4 Å². The Kier molecular flexibility index (Phi) is 6.35. The third kappa shape index (κ3) is 4.72. The molecular formula is C24H17Cl2N3O3. The van der Waals surface area contributed by atoms with Gasteiger partial charge in [0, 0.05) is 21.2 Å². The molecule has 32 heavy (non-hydrogen) atoms. The average Bonchev–Trinajstić information content (AvgIpc) is 3.26. The number of hydrogen-bond acceptors (Lipinski definition) is 5. The Balaban J connectivity index is 1.61. The fourth-order valence-electron chi connectivity index (χ4n) is 2.98. The van der Waals surface area contributed by atoms with E-state index in [0.29, 0.717) is 27.1 Å². The number of ketones is 1. The second-order valence-electron chi connectivity index (χ2n) is 6.98. The molecule has 6 nitrogen and oxygen atoms in total. The van der Waals surface area contributed by atoms with Crippen molar-refractivity contribution in [1.82, 2.24) is 14.8 Å². The summed E-state index contributed by atoms with van der Waals surface area (Å²) >= 11 is 12.1. The highest BCUT2D eigenvalue weighted by molar-refractivity contribution is 6.31. The summed E-state index contributed by atoms with van der Waals surface area (Å²) in [5.41, 5.74) is 2.70. The summed E-state index contributed by atoms with van der Waals surface area (Å²) in [6, 6.07) is 21.1.